The van der Waals surface area contributed by atoms with E-state index in [1.165, 1.54) is 6.07 Å². The fourth-order valence-electron chi connectivity index (χ4n) is 3.00. The number of hydrogen-bond donors (Lipinski definition) is 1. The highest BCUT2D eigenvalue weighted by Gasteiger charge is 2.20. The fraction of sp³-hybridized carbons (Fsp3) is 0.182. The first-order chi connectivity index (χ1) is 12.7. The molecule has 1 heterocycles. The van der Waals surface area contributed by atoms with Crippen LogP contribution < -0.4 is 5.32 Å². The highest BCUT2D eigenvalue weighted by Crippen LogP contribution is 2.29. The first kappa shape index (κ1) is 17.8. The monoisotopic (exact) mass is 348 g/mol. The van der Waals surface area contributed by atoms with Crippen molar-refractivity contribution in [2.24, 2.45) is 0 Å². The van der Waals surface area contributed by atoms with Crippen LogP contribution in [0.2, 0.25) is 0 Å². The van der Waals surface area contributed by atoms with Crippen molar-refractivity contribution in [2.75, 3.05) is 6.54 Å². The molecule has 0 bridgehead atoms. The van der Waals surface area contributed by atoms with E-state index in [2.05, 4.69) is 10.3 Å². The van der Waals surface area contributed by atoms with Gasteiger partial charge in [0.1, 0.15) is 5.82 Å². The summed E-state index contributed by atoms with van der Waals surface area (Å²) >= 11 is 0. The maximum absolute atomic E-state index is 14.3. The van der Waals surface area contributed by atoms with E-state index >= 15 is 0 Å². The van der Waals surface area contributed by atoms with Crippen molar-refractivity contribution in [1.82, 2.24) is 10.3 Å². The Morgan fingerprint density at radius 1 is 0.962 bits per heavy atom. The second kappa shape index (κ2) is 8.90. The number of carbonyl (C=O) groups excluding carboxylic acids is 1. The predicted molar refractivity (Wildman–Crippen MR) is 100 cm³/mol. The molecule has 1 amide bonds. The predicted octanol–water partition coefficient (Wildman–Crippen LogP) is 4.10. The Hall–Kier alpha value is -3.01. The molecular weight excluding hydrogens is 327 g/mol. The van der Waals surface area contributed by atoms with Crippen LogP contribution in [0, 0.1) is 5.82 Å². The summed E-state index contributed by atoms with van der Waals surface area (Å²) in [4.78, 5) is 16.4. The van der Waals surface area contributed by atoms with E-state index in [1.807, 2.05) is 42.5 Å². The van der Waals surface area contributed by atoms with Crippen LogP contribution in [-0.2, 0) is 11.2 Å². The van der Waals surface area contributed by atoms with Gasteiger partial charge in [0.2, 0.25) is 5.91 Å². The van der Waals surface area contributed by atoms with Crippen molar-refractivity contribution >= 4 is 5.91 Å². The number of carbonyl (C=O) groups is 1. The van der Waals surface area contributed by atoms with Gasteiger partial charge in [-0.25, -0.2) is 4.39 Å². The van der Waals surface area contributed by atoms with Gasteiger partial charge in [0.25, 0.3) is 0 Å². The topological polar surface area (TPSA) is 42.0 Å². The molecule has 3 aromatic rings. The maximum Gasteiger partial charge on any atom is 0.220 e. The smallest absolute Gasteiger partial charge is 0.220 e. The van der Waals surface area contributed by atoms with E-state index in [-0.39, 0.29) is 24.1 Å². The van der Waals surface area contributed by atoms with Crippen LogP contribution >= 0.6 is 0 Å². The lowest BCUT2D eigenvalue weighted by Gasteiger charge is -2.18. The standard InChI is InChI=1S/C22H21FN2O/c23-21-9-5-4-8-19(21)20(18-6-2-1-3-7-18)16-22(26)25-15-12-17-10-13-24-14-11-17/h1-11,13-14,20H,12,15-16H2,(H,25,26)/t20-/m1/s1. The average Bonchev–Trinajstić information content (AvgIpc) is 2.68. The molecular formula is C22H21FN2O. The molecule has 3 rings (SSSR count). The number of nitrogens with zero attached hydrogens (tertiary/aromatic N) is 1. The van der Waals surface area contributed by atoms with Crippen LogP contribution in [-0.4, -0.2) is 17.4 Å². The summed E-state index contributed by atoms with van der Waals surface area (Å²) in [5.74, 6) is -0.680. The normalized spacial score (nSPS) is 11.7. The number of rotatable bonds is 7. The molecule has 1 N–H and O–H groups in total. The molecule has 132 valence electrons. The zero-order chi connectivity index (χ0) is 18.2. The Kier molecular flexibility index (Phi) is 6.09. The largest absolute Gasteiger partial charge is 0.356 e. The zero-order valence-electron chi connectivity index (χ0n) is 14.4. The number of hydrogen-bond acceptors (Lipinski definition) is 2. The Morgan fingerprint density at radius 3 is 2.38 bits per heavy atom. The summed E-state index contributed by atoms with van der Waals surface area (Å²) in [5, 5.41) is 2.94. The van der Waals surface area contributed by atoms with Crippen molar-refractivity contribution < 1.29 is 9.18 Å². The molecule has 2 aromatic carbocycles. The van der Waals surface area contributed by atoms with E-state index in [9.17, 15) is 9.18 Å². The van der Waals surface area contributed by atoms with Gasteiger partial charge in [0.15, 0.2) is 0 Å². The quantitative estimate of drug-likeness (QED) is 0.698. The van der Waals surface area contributed by atoms with Crippen molar-refractivity contribution in [2.45, 2.75) is 18.8 Å². The third kappa shape index (κ3) is 4.76. The summed E-state index contributed by atoms with van der Waals surface area (Å²) < 4.78 is 14.3. The molecule has 0 aliphatic rings. The van der Waals surface area contributed by atoms with Gasteiger partial charge in [0, 0.05) is 31.3 Å². The molecule has 0 spiro atoms. The van der Waals surface area contributed by atoms with Crippen LogP contribution in [0.15, 0.2) is 79.1 Å². The van der Waals surface area contributed by atoms with Gasteiger partial charge in [-0.3, -0.25) is 9.78 Å². The third-order valence-corrected chi connectivity index (χ3v) is 4.36. The van der Waals surface area contributed by atoms with Crippen LogP contribution in [0.25, 0.3) is 0 Å². The first-order valence-corrected chi connectivity index (χ1v) is 8.69. The molecule has 0 saturated carbocycles. The van der Waals surface area contributed by atoms with Gasteiger partial charge in [-0.15, -0.1) is 0 Å². The molecule has 0 aliphatic carbocycles. The molecule has 3 nitrogen and oxygen atoms in total. The summed E-state index contributed by atoms with van der Waals surface area (Å²) in [6, 6.07) is 20.1. The SMILES string of the molecule is O=C(C[C@H](c1ccccc1)c1ccccc1F)NCCc1ccncc1. The zero-order valence-corrected chi connectivity index (χ0v) is 14.4. The number of aromatic nitrogens is 1. The van der Waals surface area contributed by atoms with E-state index in [0.29, 0.717) is 12.1 Å². The second-order valence-corrected chi connectivity index (χ2v) is 6.14. The van der Waals surface area contributed by atoms with E-state index in [4.69, 9.17) is 0 Å². The molecule has 0 saturated heterocycles. The molecule has 1 aromatic heterocycles. The fourth-order valence-corrected chi connectivity index (χ4v) is 3.00. The van der Waals surface area contributed by atoms with Crippen LogP contribution in [0.5, 0.6) is 0 Å². The molecule has 1 atom stereocenters. The molecule has 0 aliphatic heterocycles. The van der Waals surface area contributed by atoms with Gasteiger partial charge in [-0.1, -0.05) is 48.5 Å². The minimum atomic E-state index is -0.307. The maximum atomic E-state index is 14.3. The van der Waals surface area contributed by atoms with Crippen molar-refractivity contribution in [3.63, 3.8) is 0 Å². The van der Waals surface area contributed by atoms with E-state index in [1.54, 1.807) is 30.6 Å². The van der Waals surface area contributed by atoms with Crippen LogP contribution in [0.1, 0.15) is 29.0 Å². The summed E-state index contributed by atoms with van der Waals surface area (Å²) in [7, 11) is 0. The molecule has 0 unspecified atom stereocenters. The van der Waals surface area contributed by atoms with Crippen molar-refractivity contribution in [3.8, 4) is 0 Å². The minimum absolute atomic E-state index is 0.0869. The van der Waals surface area contributed by atoms with Crippen molar-refractivity contribution in [1.29, 1.82) is 0 Å². The molecule has 4 heteroatoms. The van der Waals surface area contributed by atoms with Crippen LogP contribution in [0.3, 0.4) is 0 Å². The minimum Gasteiger partial charge on any atom is -0.356 e. The summed E-state index contributed by atoms with van der Waals surface area (Å²) in [6.45, 7) is 0.543. The Balaban J connectivity index is 1.68. The highest BCUT2D eigenvalue weighted by molar-refractivity contribution is 5.77. The lowest BCUT2D eigenvalue weighted by atomic mass is 9.88. The van der Waals surface area contributed by atoms with E-state index in [0.717, 1.165) is 17.5 Å². The lowest BCUT2D eigenvalue weighted by Crippen LogP contribution is -2.27. The molecule has 0 fully saturated rings. The number of pyridine rings is 1. The average molecular weight is 348 g/mol. The number of benzene rings is 2. The molecule has 26 heavy (non-hydrogen) atoms. The van der Waals surface area contributed by atoms with Gasteiger partial charge in [0.05, 0.1) is 0 Å². The second-order valence-electron chi connectivity index (χ2n) is 6.14. The summed E-state index contributed by atoms with van der Waals surface area (Å²) in [5.41, 5.74) is 2.60. The van der Waals surface area contributed by atoms with Gasteiger partial charge in [-0.2, -0.15) is 0 Å². The van der Waals surface area contributed by atoms with Crippen LogP contribution in [0.4, 0.5) is 4.39 Å². The first-order valence-electron chi connectivity index (χ1n) is 8.69. The Labute approximate surface area is 152 Å². The van der Waals surface area contributed by atoms with Gasteiger partial charge >= 0.3 is 0 Å². The van der Waals surface area contributed by atoms with Gasteiger partial charge < -0.3 is 5.32 Å². The number of nitrogens with one attached hydrogen (secondary N) is 1. The Morgan fingerprint density at radius 2 is 1.65 bits per heavy atom. The molecule has 0 radical (unpaired) electrons. The highest BCUT2D eigenvalue weighted by atomic mass is 19.1. The van der Waals surface area contributed by atoms with Gasteiger partial charge in [-0.05, 0) is 41.3 Å². The Bertz CT molecular complexity index is 837. The number of halogens is 1. The van der Waals surface area contributed by atoms with Crippen molar-refractivity contribution in [3.05, 3.63) is 102 Å². The lowest BCUT2D eigenvalue weighted by molar-refractivity contribution is -0.121. The number of amides is 1. The third-order valence-electron chi connectivity index (χ3n) is 4.36. The summed E-state index contributed by atoms with van der Waals surface area (Å²) in [6.07, 6.45) is 4.42. The van der Waals surface area contributed by atoms with E-state index < -0.39 is 0 Å².